The first-order chi connectivity index (χ1) is 12.2. The Morgan fingerprint density at radius 3 is 2.12 bits per heavy atom. The molecule has 3 aromatic rings. The van der Waals surface area contributed by atoms with E-state index in [1.165, 1.54) is 0 Å². The molecule has 0 N–H and O–H groups in total. The summed E-state index contributed by atoms with van der Waals surface area (Å²) >= 11 is 5.92. The third kappa shape index (κ3) is 4.25. The molecule has 4 heteroatoms. The maximum absolute atomic E-state index is 12.8. The fourth-order valence-corrected chi connectivity index (χ4v) is 2.80. The second-order valence-electron chi connectivity index (χ2n) is 5.76. The minimum atomic E-state index is 0.0266. The SMILES string of the molecule is CCN(Cc1ccc(Cl)cc1)C(=O)c1ccc(-c2ccncc2)cc1. The quantitative estimate of drug-likeness (QED) is 0.644. The van der Waals surface area contributed by atoms with Crippen LogP contribution in [0.2, 0.25) is 5.02 Å². The van der Waals surface area contributed by atoms with Gasteiger partial charge in [0, 0.05) is 36.1 Å². The molecule has 0 fully saturated rings. The average Bonchev–Trinajstić information content (AvgIpc) is 2.68. The van der Waals surface area contributed by atoms with Crippen LogP contribution in [0.3, 0.4) is 0 Å². The Labute approximate surface area is 152 Å². The molecule has 3 nitrogen and oxygen atoms in total. The minimum Gasteiger partial charge on any atom is -0.335 e. The highest BCUT2D eigenvalue weighted by molar-refractivity contribution is 6.30. The maximum atomic E-state index is 12.8. The molecule has 1 heterocycles. The number of nitrogens with zero attached hydrogens (tertiary/aromatic N) is 2. The highest BCUT2D eigenvalue weighted by Crippen LogP contribution is 2.20. The van der Waals surface area contributed by atoms with Crippen LogP contribution >= 0.6 is 11.6 Å². The van der Waals surface area contributed by atoms with Crippen molar-refractivity contribution in [3.63, 3.8) is 0 Å². The summed E-state index contributed by atoms with van der Waals surface area (Å²) in [6, 6.07) is 19.2. The number of rotatable bonds is 5. The van der Waals surface area contributed by atoms with Gasteiger partial charge < -0.3 is 4.90 Å². The second-order valence-corrected chi connectivity index (χ2v) is 6.20. The van der Waals surface area contributed by atoms with Crippen LogP contribution in [0.1, 0.15) is 22.8 Å². The molecule has 0 unspecified atom stereocenters. The number of benzene rings is 2. The predicted molar refractivity (Wildman–Crippen MR) is 102 cm³/mol. The molecular weight excluding hydrogens is 332 g/mol. The van der Waals surface area contributed by atoms with Crippen molar-refractivity contribution in [2.75, 3.05) is 6.54 Å². The van der Waals surface area contributed by atoms with Gasteiger partial charge in [-0.15, -0.1) is 0 Å². The fraction of sp³-hybridized carbons (Fsp3) is 0.143. The topological polar surface area (TPSA) is 33.2 Å². The summed E-state index contributed by atoms with van der Waals surface area (Å²) in [5.74, 6) is 0.0266. The first-order valence-corrected chi connectivity index (χ1v) is 8.59. The monoisotopic (exact) mass is 350 g/mol. The summed E-state index contributed by atoms with van der Waals surface area (Å²) in [4.78, 5) is 18.6. The van der Waals surface area contributed by atoms with E-state index in [2.05, 4.69) is 4.98 Å². The Morgan fingerprint density at radius 2 is 1.52 bits per heavy atom. The molecule has 0 bridgehead atoms. The molecule has 1 aromatic heterocycles. The van der Waals surface area contributed by atoms with Crippen LogP contribution in [-0.2, 0) is 6.54 Å². The number of aromatic nitrogens is 1. The zero-order valence-corrected chi connectivity index (χ0v) is 14.8. The average molecular weight is 351 g/mol. The first-order valence-electron chi connectivity index (χ1n) is 8.21. The molecule has 0 spiro atoms. The number of carbonyl (C=O) groups is 1. The molecule has 0 saturated heterocycles. The zero-order valence-electron chi connectivity index (χ0n) is 14.0. The van der Waals surface area contributed by atoms with Gasteiger partial charge in [0.25, 0.3) is 5.91 Å². The van der Waals surface area contributed by atoms with Crippen molar-refractivity contribution in [2.45, 2.75) is 13.5 Å². The van der Waals surface area contributed by atoms with Crippen molar-refractivity contribution >= 4 is 17.5 Å². The van der Waals surface area contributed by atoms with Crippen molar-refractivity contribution in [2.24, 2.45) is 0 Å². The van der Waals surface area contributed by atoms with E-state index in [4.69, 9.17) is 11.6 Å². The molecule has 0 aliphatic heterocycles. The van der Waals surface area contributed by atoms with Gasteiger partial charge in [0.1, 0.15) is 0 Å². The Kier molecular flexibility index (Phi) is 5.46. The number of carbonyl (C=O) groups excluding carboxylic acids is 1. The van der Waals surface area contributed by atoms with Crippen LogP contribution in [0.15, 0.2) is 73.1 Å². The number of halogens is 1. The number of pyridine rings is 1. The normalized spacial score (nSPS) is 10.5. The van der Waals surface area contributed by atoms with E-state index < -0.39 is 0 Å². The molecule has 1 amide bonds. The lowest BCUT2D eigenvalue weighted by Crippen LogP contribution is -2.30. The van der Waals surface area contributed by atoms with E-state index in [-0.39, 0.29) is 5.91 Å². The smallest absolute Gasteiger partial charge is 0.254 e. The van der Waals surface area contributed by atoms with Crippen molar-refractivity contribution in [3.8, 4) is 11.1 Å². The van der Waals surface area contributed by atoms with Crippen LogP contribution in [0.25, 0.3) is 11.1 Å². The van der Waals surface area contributed by atoms with Gasteiger partial charge in [-0.25, -0.2) is 0 Å². The van der Waals surface area contributed by atoms with Gasteiger partial charge in [0.2, 0.25) is 0 Å². The number of hydrogen-bond acceptors (Lipinski definition) is 2. The number of hydrogen-bond donors (Lipinski definition) is 0. The standard InChI is InChI=1S/C21H19ClN2O/c1-2-24(15-16-3-9-20(22)10-4-16)21(25)19-7-5-17(6-8-19)18-11-13-23-14-12-18/h3-14H,2,15H2,1H3. The maximum Gasteiger partial charge on any atom is 0.254 e. The Morgan fingerprint density at radius 1 is 0.920 bits per heavy atom. The van der Waals surface area contributed by atoms with Gasteiger partial charge in [0.15, 0.2) is 0 Å². The summed E-state index contributed by atoms with van der Waals surface area (Å²) in [6.45, 7) is 3.20. The molecule has 2 aromatic carbocycles. The Balaban J connectivity index is 1.75. The van der Waals surface area contributed by atoms with E-state index in [0.717, 1.165) is 16.7 Å². The molecule has 0 radical (unpaired) electrons. The first kappa shape index (κ1) is 17.2. The molecule has 126 valence electrons. The molecule has 0 aliphatic carbocycles. The third-order valence-corrected chi connectivity index (χ3v) is 4.35. The summed E-state index contributed by atoms with van der Waals surface area (Å²) < 4.78 is 0. The summed E-state index contributed by atoms with van der Waals surface area (Å²) in [5.41, 5.74) is 3.91. The van der Waals surface area contributed by atoms with Crippen LogP contribution in [0.4, 0.5) is 0 Å². The van der Waals surface area contributed by atoms with E-state index in [1.807, 2.05) is 72.5 Å². The predicted octanol–water partition coefficient (Wildman–Crippen LogP) is 5.06. The minimum absolute atomic E-state index is 0.0266. The summed E-state index contributed by atoms with van der Waals surface area (Å²) in [6.07, 6.45) is 3.53. The van der Waals surface area contributed by atoms with Crippen LogP contribution < -0.4 is 0 Å². The van der Waals surface area contributed by atoms with Crippen molar-refractivity contribution in [3.05, 3.63) is 89.2 Å². The molecule has 0 saturated carbocycles. The van der Waals surface area contributed by atoms with E-state index in [1.54, 1.807) is 12.4 Å². The molecule has 0 aliphatic rings. The lowest BCUT2D eigenvalue weighted by atomic mass is 10.0. The highest BCUT2D eigenvalue weighted by Gasteiger charge is 2.14. The number of amides is 1. The van der Waals surface area contributed by atoms with Crippen molar-refractivity contribution in [1.82, 2.24) is 9.88 Å². The van der Waals surface area contributed by atoms with Crippen molar-refractivity contribution < 1.29 is 4.79 Å². The van der Waals surface area contributed by atoms with E-state index >= 15 is 0 Å². The van der Waals surface area contributed by atoms with Gasteiger partial charge >= 0.3 is 0 Å². The Hall–Kier alpha value is -2.65. The molecule has 3 rings (SSSR count). The van der Waals surface area contributed by atoms with Gasteiger partial charge in [0.05, 0.1) is 0 Å². The van der Waals surface area contributed by atoms with Crippen molar-refractivity contribution in [1.29, 1.82) is 0 Å². The fourth-order valence-electron chi connectivity index (χ4n) is 2.67. The lowest BCUT2D eigenvalue weighted by Gasteiger charge is -2.21. The summed E-state index contributed by atoms with van der Waals surface area (Å²) in [7, 11) is 0. The van der Waals surface area contributed by atoms with Gasteiger partial charge in [-0.05, 0) is 60.0 Å². The molecule has 0 atom stereocenters. The van der Waals surface area contributed by atoms with Gasteiger partial charge in [-0.3, -0.25) is 9.78 Å². The largest absolute Gasteiger partial charge is 0.335 e. The molecule has 25 heavy (non-hydrogen) atoms. The zero-order chi connectivity index (χ0) is 17.6. The third-order valence-electron chi connectivity index (χ3n) is 4.10. The van der Waals surface area contributed by atoms with Crippen LogP contribution in [0.5, 0.6) is 0 Å². The van der Waals surface area contributed by atoms with E-state index in [9.17, 15) is 4.79 Å². The van der Waals surface area contributed by atoms with E-state index in [0.29, 0.717) is 23.7 Å². The lowest BCUT2D eigenvalue weighted by molar-refractivity contribution is 0.0752. The van der Waals surface area contributed by atoms with Gasteiger partial charge in [-0.2, -0.15) is 0 Å². The molecular formula is C21H19ClN2O. The summed E-state index contributed by atoms with van der Waals surface area (Å²) in [5, 5.41) is 0.699. The van der Waals surface area contributed by atoms with Crippen LogP contribution in [-0.4, -0.2) is 22.3 Å². The highest BCUT2D eigenvalue weighted by atomic mass is 35.5. The Bertz CT molecular complexity index is 830. The van der Waals surface area contributed by atoms with Gasteiger partial charge in [-0.1, -0.05) is 35.9 Å². The van der Waals surface area contributed by atoms with Crippen LogP contribution in [0, 0.1) is 0 Å². The second kappa shape index (κ2) is 7.95.